The molecular weight excluding hydrogens is 256 g/mol. The van der Waals surface area contributed by atoms with Crippen molar-refractivity contribution in [2.45, 2.75) is 25.0 Å². The van der Waals surface area contributed by atoms with Crippen molar-refractivity contribution in [2.24, 2.45) is 0 Å². The van der Waals surface area contributed by atoms with Crippen LogP contribution in [0.15, 0.2) is 30.3 Å². The maximum absolute atomic E-state index is 11.7. The Morgan fingerprint density at radius 2 is 2.00 bits per heavy atom. The van der Waals surface area contributed by atoms with Crippen molar-refractivity contribution in [1.82, 2.24) is 10.6 Å². The van der Waals surface area contributed by atoms with E-state index in [9.17, 15) is 9.90 Å². The molecule has 5 nitrogen and oxygen atoms in total. The zero-order valence-electron chi connectivity index (χ0n) is 11.6. The van der Waals surface area contributed by atoms with Crippen molar-refractivity contribution in [3.63, 3.8) is 0 Å². The van der Waals surface area contributed by atoms with Gasteiger partial charge in [0.1, 0.15) is 6.61 Å². The molecule has 0 saturated carbocycles. The van der Waals surface area contributed by atoms with Gasteiger partial charge in [0.25, 0.3) is 0 Å². The van der Waals surface area contributed by atoms with Crippen LogP contribution in [0.1, 0.15) is 18.4 Å². The maximum atomic E-state index is 11.7. The van der Waals surface area contributed by atoms with E-state index in [1.807, 2.05) is 30.3 Å². The second-order valence-electron chi connectivity index (χ2n) is 5.19. The quantitative estimate of drug-likeness (QED) is 0.659. The van der Waals surface area contributed by atoms with E-state index in [4.69, 9.17) is 4.74 Å². The highest BCUT2D eigenvalue weighted by atomic mass is 16.5. The molecule has 2 rings (SSSR count). The predicted molar refractivity (Wildman–Crippen MR) is 76.2 cm³/mol. The molecule has 0 aliphatic carbocycles. The van der Waals surface area contributed by atoms with Gasteiger partial charge in [-0.3, -0.25) is 10.1 Å². The highest BCUT2D eigenvalue weighted by Gasteiger charge is 2.31. The van der Waals surface area contributed by atoms with Gasteiger partial charge >= 0.3 is 5.97 Å². The van der Waals surface area contributed by atoms with E-state index in [2.05, 4.69) is 10.6 Å². The fraction of sp³-hybridized carbons (Fsp3) is 0.533. The summed E-state index contributed by atoms with van der Waals surface area (Å²) in [4.78, 5) is 11.7. The van der Waals surface area contributed by atoms with Gasteiger partial charge in [0, 0.05) is 5.54 Å². The smallest absolute Gasteiger partial charge is 0.320 e. The van der Waals surface area contributed by atoms with E-state index in [-0.39, 0.29) is 31.3 Å². The minimum absolute atomic E-state index is 0.0423. The molecule has 1 aliphatic heterocycles. The predicted octanol–water partition coefficient (Wildman–Crippen LogP) is 0.434. The second kappa shape index (κ2) is 7.38. The Hall–Kier alpha value is -1.43. The van der Waals surface area contributed by atoms with Crippen LogP contribution in [0.5, 0.6) is 0 Å². The molecule has 0 amide bonds. The van der Waals surface area contributed by atoms with Crippen molar-refractivity contribution >= 4 is 5.97 Å². The number of carbonyl (C=O) groups is 1. The molecule has 1 aromatic rings. The molecule has 0 spiro atoms. The van der Waals surface area contributed by atoms with Gasteiger partial charge in [-0.05, 0) is 31.5 Å². The third-order valence-electron chi connectivity index (χ3n) is 3.71. The van der Waals surface area contributed by atoms with Gasteiger partial charge in [0.15, 0.2) is 0 Å². The van der Waals surface area contributed by atoms with Crippen LogP contribution in [0.4, 0.5) is 0 Å². The summed E-state index contributed by atoms with van der Waals surface area (Å²) in [7, 11) is 0. The molecule has 20 heavy (non-hydrogen) atoms. The number of carbonyl (C=O) groups excluding carboxylic acids is 1. The number of benzene rings is 1. The molecule has 110 valence electrons. The fourth-order valence-electron chi connectivity index (χ4n) is 2.34. The van der Waals surface area contributed by atoms with E-state index in [1.54, 1.807) is 0 Å². The summed E-state index contributed by atoms with van der Waals surface area (Å²) in [5.41, 5.74) is 0.622. The molecule has 1 aliphatic rings. The van der Waals surface area contributed by atoms with E-state index < -0.39 is 0 Å². The summed E-state index contributed by atoms with van der Waals surface area (Å²) >= 11 is 0. The van der Waals surface area contributed by atoms with Crippen molar-refractivity contribution in [3.05, 3.63) is 35.9 Å². The van der Waals surface area contributed by atoms with Crippen LogP contribution in [0, 0.1) is 0 Å². The molecule has 0 aromatic heterocycles. The first-order valence-electron chi connectivity index (χ1n) is 7.00. The first-order chi connectivity index (χ1) is 9.74. The normalized spacial score (nSPS) is 17.6. The topological polar surface area (TPSA) is 70.6 Å². The monoisotopic (exact) mass is 278 g/mol. The Morgan fingerprint density at radius 3 is 2.65 bits per heavy atom. The second-order valence-corrected chi connectivity index (χ2v) is 5.19. The summed E-state index contributed by atoms with van der Waals surface area (Å²) < 4.78 is 5.21. The lowest BCUT2D eigenvalue weighted by Gasteiger charge is -2.36. The Labute approximate surface area is 119 Å². The lowest BCUT2D eigenvalue weighted by Crippen LogP contribution is -2.56. The molecule has 5 heteroatoms. The van der Waals surface area contributed by atoms with E-state index in [1.165, 1.54) is 0 Å². The SMILES string of the molecule is O=C(CNC1(CO)CCNCC1)OCc1ccccc1. The molecule has 1 aromatic carbocycles. The summed E-state index contributed by atoms with van der Waals surface area (Å²) in [6.45, 7) is 2.17. The lowest BCUT2D eigenvalue weighted by atomic mass is 9.89. The number of nitrogens with one attached hydrogen (secondary N) is 2. The molecule has 0 bridgehead atoms. The standard InChI is InChI=1S/C15H22N2O3/c18-12-15(6-8-16-9-7-15)17-10-14(19)20-11-13-4-2-1-3-5-13/h1-5,16-18H,6-12H2. The number of aliphatic hydroxyl groups excluding tert-OH is 1. The molecule has 0 unspecified atom stereocenters. The number of piperidine rings is 1. The molecule has 1 heterocycles. The third-order valence-corrected chi connectivity index (χ3v) is 3.71. The molecule has 3 N–H and O–H groups in total. The Kier molecular flexibility index (Phi) is 5.52. The van der Waals surface area contributed by atoms with Gasteiger partial charge in [-0.2, -0.15) is 0 Å². The summed E-state index contributed by atoms with van der Waals surface area (Å²) in [5, 5.41) is 15.9. The van der Waals surface area contributed by atoms with Crippen LogP contribution in [0.25, 0.3) is 0 Å². The van der Waals surface area contributed by atoms with E-state index >= 15 is 0 Å². The fourth-order valence-corrected chi connectivity index (χ4v) is 2.34. The van der Waals surface area contributed by atoms with Crippen LogP contribution in [-0.2, 0) is 16.1 Å². The Morgan fingerprint density at radius 1 is 1.30 bits per heavy atom. The first kappa shape index (κ1) is 15.0. The summed E-state index contributed by atoms with van der Waals surface area (Å²) in [6.07, 6.45) is 1.63. The Balaban J connectivity index is 1.74. The molecule has 1 saturated heterocycles. The largest absolute Gasteiger partial charge is 0.460 e. The zero-order chi connectivity index (χ0) is 14.3. The number of rotatable bonds is 6. The van der Waals surface area contributed by atoms with Crippen molar-refractivity contribution < 1.29 is 14.6 Å². The van der Waals surface area contributed by atoms with Gasteiger partial charge in [-0.25, -0.2) is 0 Å². The average Bonchev–Trinajstić information content (AvgIpc) is 2.53. The number of ether oxygens (including phenoxy) is 1. The number of esters is 1. The van der Waals surface area contributed by atoms with E-state index in [0.717, 1.165) is 31.5 Å². The summed E-state index contributed by atoms with van der Waals surface area (Å²) in [5.74, 6) is -0.291. The first-order valence-corrected chi connectivity index (χ1v) is 7.00. The Bertz CT molecular complexity index is 416. The molecule has 0 atom stereocenters. The lowest BCUT2D eigenvalue weighted by molar-refractivity contribution is -0.144. The maximum Gasteiger partial charge on any atom is 0.320 e. The number of hydrogen-bond donors (Lipinski definition) is 3. The molecule has 1 fully saturated rings. The summed E-state index contributed by atoms with van der Waals surface area (Å²) in [6, 6.07) is 9.59. The van der Waals surface area contributed by atoms with Crippen LogP contribution >= 0.6 is 0 Å². The van der Waals surface area contributed by atoms with Gasteiger partial charge in [-0.1, -0.05) is 30.3 Å². The van der Waals surface area contributed by atoms with E-state index in [0.29, 0.717) is 0 Å². The minimum Gasteiger partial charge on any atom is -0.460 e. The third kappa shape index (κ3) is 4.30. The van der Waals surface area contributed by atoms with Gasteiger partial charge in [-0.15, -0.1) is 0 Å². The highest BCUT2D eigenvalue weighted by molar-refractivity contribution is 5.71. The zero-order valence-corrected chi connectivity index (χ0v) is 11.6. The number of hydrogen-bond acceptors (Lipinski definition) is 5. The van der Waals surface area contributed by atoms with Crippen LogP contribution in [-0.4, -0.2) is 42.9 Å². The van der Waals surface area contributed by atoms with Crippen LogP contribution in [0.2, 0.25) is 0 Å². The minimum atomic E-state index is -0.350. The van der Waals surface area contributed by atoms with Crippen molar-refractivity contribution in [1.29, 1.82) is 0 Å². The van der Waals surface area contributed by atoms with Gasteiger partial charge < -0.3 is 15.2 Å². The molecular formula is C15H22N2O3. The van der Waals surface area contributed by atoms with Crippen molar-refractivity contribution in [3.8, 4) is 0 Å². The van der Waals surface area contributed by atoms with Crippen LogP contribution in [0.3, 0.4) is 0 Å². The van der Waals surface area contributed by atoms with Crippen molar-refractivity contribution in [2.75, 3.05) is 26.2 Å². The van der Waals surface area contributed by atoms with Crippen LogP contribution < -0.4 is 10.6 Å². The highest BCUT2D eigenvalue weighted by Crippen LogP contribution is 2.17. The van der Waals surface area contributed by atoms with Gasteiger partial charge in [0.2, 0.25) is 0 Å². The molecule has 0 radical (unpaired) electrons. The number of aliphatic hydroxyl groups is 1. The average molecular weight is 278 g/mol. The van der Waals surface area contributed by atoms with Gasteiger partial charge in [0.05, 0.1) is 13.2 Å².